The van der Waals surface area contributed by atoms with Crippen LogP contribution in [0.3, 0.4) is 0 Å². The molecular weight excluding hydrogens is 615 g/mol. The number of thiazole rings is 1. The fourth-order valence-corrected chi connectivity index (χ4v) is 6.03. The third kappa shape index (κ3) is 9.64. The third-order valence-corrected chi connectivity index (χ3v) is 8.31. The number of amides is 1. The maximum absolute atomic E-state index is 13.8. The molecule has 0 saturated carbocycles. The van der Waals surface area contributed by atoms with Crippen LogP contribution in [-0.4, -0.2) is 57.5 Å². The van der Waals surface area contributed by atoms with E-state index in [0.29, 0.717) is 5.69 Å². The molecule has 0 saturated heterocycles. The minimum atomic E-state index is -4.07. The largest absolute Gasteiger partial charge is 0.459 e. The van der Waals surface area contributed by atoms with Gasteiger partial charge in [-0.2, -0.15) is 4.31 Å². The lowest BCUT2D eigenvalue weighted by Gasteiger charge is -2.28. The Kier molecular flexibility index (Phi) is 10.4. The zero-order valence-electron chi connectivity index (χ0n) is 26.1. The Hall–Kier alpha value is -4.20. The second-order valence-electron chi connectivity index (χ2n) is 12.2. The highest BCUT2D eigenvalue weighted by Gasteiger charge is 2.30. The van der Waals surface area contributed by atoms with E-state index in [-0.39, 0.29) is 23.9 Å². The molecule has 0 aliphatic heterocycles. The summed E-state index contributed by atoms with van der Waals surface area (Å²) in [6.45, 7) is 9.74. The van der Waals surface area contributed by atoms with E-state index in [2.05, 4.69) is 15.0 Å². The lowest BCUT2D eigenvalue weighted by atomic mass is 10.1. The van der Waals surface area contributed by atoms with Crippen LogP contribution in [0, 0.1) is 0 Å². The van der Waals surface area contributed by atoms with Gasteiger partial charge in [0.15, 0.2) is 5.03 Å². The molecule has 4 rings (SSSR count). The van der Waals surface area contributed by atoms with Gasteiger partial charge in [-0.3, -0.25) is 9.69 Å². The van der Waals surface area contributed by atoms with E-state index in [9.17, 15) is 18.0 Å². The van der Waals surface area contributed by atoms with Gasteiger partial charge in [0.05, 0.1) is 23.4 Å². The maximum atomic E-state index is 13.8. The number of pyridine rings is 2. The number of hydrogen-bond donors (Lipinski definition) is 0. The van der Waals surface area contributed by atoms with Gasteiger partial charge in [0.25, 0.3) is 10.0 Å². The van der Waals surface area contributed by atoms with E-state index in [4.69, 9.17) is 9.47 Å². The normalized spacial score (nSPS) is 12.2. The second kappa shape index (κ2) is 13.8. The van der Waals surface area contributed by atoms with Crippen molar-refractivity contribution in [3.05, 3.63) is 89.0 Å². The number of aromatic nitrogens is 3. The van der Waals surface area contributed by atoms with Crippen LogP contribution in [0.1, 0.15) is 52.8 Å². The Balaban J connectivity index is 1.66. The summed E-state index contributed by atoms with van der Waals surface area (Å²) >= 11 is 1.49. The first kappa shape index (κ1) is 33.7. The van der Waals surface area contributed by atoms with Crippen molar-refractivity contribution in [3.63, 3.8) is 0 Å². The summed E-state index contributed by atoms with van der Waals surface area (Å²) in [5.74, 6) is -0.545. The molecular formula is C32H37N5O6S2. The van der Waals surface area contributed by atoms with Crippen molar-refractivity contribution in [2.75, 3.05) is 11.4 Å². The first-order valence-corrected chi connectivity index (χ1v) is 16.6. The summed E-state index contributed by atoms with van der Waals surface area (Å²) in [5, 5.41) is 1.83. The number of carbonyl (C=O) groups is 2. The average Bonchev–Trinajstić information content (AvgIpc) is 3.50. The molecule has 0 radical (unpaired) electrons. The van der Waals surface area contributed by atoms with Crippen molar-refractivity contribution in [2.45, 2.75) is 70.9 Å². The number of nitrogens with zero attached hydrogens (tertiary/aromatic N) is 5. The first-order valence-electron chi connectivity index (χ1n) is 14.2. The molecule has 4 aromatic rings. The molecule has 0 fully saturated rings. The van der Waals surface area contributed by atoms with Gasteiger partial charge in [0.2, 0.25) is 0 Å². The smallest absolute Gasteiger partial charge is 0.416 e. The van der Waals surface area contributed by atoms with Crippen molar-refractivity contribution in [1.82, 2.24) is 19.3 Å². The molecule has 11 nitrogen and oxygen atoms in total. The minimum Gasteiger partial charge on any atom is -0.459 e. The first-order chi connectivity index (χ1) is 21.1. The van der Waals surface area contributed by atoms with Crippen LogP contribution in [0.4, 0.5) is 10.6 Å². The van der Waals surface area contributed by atoms with Crippen molar-refractivity contribution in [2.24, 2.45) is 0 Å². The fourth-order valence-electron chi connectivity index (χ4n) is 4.14. The molecule has 238 valence electrons. The minimum absolute atomic E-state index is 0.0237. The second-order valence-corrected chi connectivity index (χ2v) is 14.8. The lowest BCUT2D eigenvalue weighted by molar-refractivity contribution is -0.153. The molecule has 1 aromatic carbocycles. The third-order valence-electron chi connectivity index (χ3n) is 6.01. The van der Waals surface area contributed by atoms with Gasteiger partial charge in [0, 0.05) is 23.7 Å². The van der Waals surface area contributed by atoms with Crippen molar-refractivity contribution in [3.8, 4) is 11.3 Å². The van der Waals surface area contributed by atoms with E-state index in [0.717, 1.165) is 21.7 Å². The number of hydrogen-bond acceptors (Lipinski definition) is 10. The molecule has 0 spiro atoms. The zero-order valence-corrected chi connectivity index (χ0v) is 27.8. The van der Waals surface area contributed by atoms with E-state index in [1.807, 2.05) is 29.6 Å². The highest BCUT2D eigenvalue weighted by molar-refractivity contribution is 7.89. The van der Waals surface area contributed by atoms with E-state index in [1.54, 1.807) is 77.4 Å². The number of carbonyl (C=O) groups excluding carboxylic acids is 2. The Labute approximate surface area is 267 Å². The van der Waals surface area contributed by atoms with Gasteiger partial charge < -0.3 is 9.47 Å². The quantitative estimate of drug-likeness (QED) is 0.187. The number of esters is 1. The molecule has 13 heteroatoms. The molecule has 0 aliphatic carbocycles. The predicted octanol–water partition coefficient (Wildman–Crippen LogP) is 6.07. The van der Waals surface area contributed by atoms with Gasteiger partial charge in [-0.15, -0.1) is 11.3 Å². The van der Waals surface area contributed by atoms with Crippen molar-refractivity contribution < 1.29 is 27.5 Å². The Morgan fingerprint density at radius 1 is 0.844 bits per heavy atom. The summed E-state index contributed by atoms with van der Waals surface area (Å²) in [4.78, 5) is 40.1. The zero-order chi connectivity index (χ0) is 32.8. The number of rotatable bonds is 10. The predicted molar refractivity (Wildman–Crippen MR) is 172 cm³/mol. The molecule has 0 N–H and O–H groups in total. The van der Waals surface area contributed by atoms with Gasteiger partial charge in [-0.05, 0) is 71.4 Å². The molecule has 0 unspecified atom stereocenters. The van der Waals surface area contributed by atoms with Crippen molar-refractivity contribution >= 4 is 39.2 Å². The summed E-state index contributed by atoms with van der Waals surface area (Å²) in [6.07, 6.45) is 0.623. The highest BCUT2D eigenvalue weighted by Crippen LogP contribution is 2.24. The monoisotopic (exact) mass is 651 g/mol. The van der Waals surface area contributed by atoms with Gasteiger partial charge >= 0.3 is 12.1 Å². The molecule has 0 aliphatic rings. The molecule has 0 atom stereocenters. The van der Waals surface area contributed by atoms with Crippen LogP contribution in [0.15, 0.2) is 82.8 Å². The van der Waals surface area contributed by atoms with Gasteiger partial charge in [-0.25, -0.2) is 28.2 Å². The highest BCUT2D eigenvalue weighted by atomic mass is 32.2. The Morgan fingerprint density at radius 3 is 2.16 bits per heavy atom. The molecule has 1 amide bonds. The van der Waals surface area contributed by atoms with Gasteiger partial charge in [-0.1, -0.05) is 36.4 Å². The maximum Gasteiger partial charge on any atom is 0.416 e. The van der Waals surface area contributed by atoms with E-state index in [1.165, 1.54) is 27.9 Å². The van der Waals surface area contributed by atoms with Crippen LogP contribution in [-0.2, 0) is 37.4 Å². The van der Waals surface area contributed by atoms with Crippen LogP contribution < -0.4 is 4.90 Å². The SMILES string of the molecule is CC(C)(C)OC(=O)CN(C(=O)OC(C)(C)C)c1cccc(CN(Cc2ccc(-c3cscn3)cc2)S(=O)(=O)c2ccccn2)n1. The lowest BCUT2D eigenvalue weighted by Crippen LogP contribution is -2.42. The molecule has 45 heavy (non-hydrogen) atoms. The van der Waals surface area contributed by atoms with E-state index < -0.39 is 39.8 Å². The molecule has 0 bridgehead atoms. The number of benzene rings is 1. The number of ether oxygens (including phenoxy) is 2. The van der Waals surface area contributed by atoms with Crippen LogP contribution in [0.25, 0.3) is 11.3 Å². The summed E-state index contributed by atoms with van der Waals surface area (Å²) in [6, 6.07) is 17.0. The summed E-state index contributed by atoms with van der Waals surface area (Å²) < 4.78 is 39.9. The van der Waals surface area contributed by atoms with Crippen molar-refractivity contribution in [1.29, 1.82) is 0 Å². The average molecular weight is 652 g/mol. The summed E-state index contributed by atoms with van der Waals surface area (Å²) in [7, 11) is -4.07. The number of sulfonamides is 1. The Bertz CT molecular complexity index is 1700. The molecule has 3 heterocycles. The molecule has 3 aromatic heterocycles. The van der Waals surface area contributed by atoms with Crippen LogP contribution in [0.5, 0.6) is 0 Å². The standard InChI is InChI=1S/C32H37N5O6S2/c1-31(2,3)42-29(38)20-37(30(39)43-32(4,5)6)27-11-9-10-25(35-27)19-36(45(40,41)28-12-7-8-17-33-28)18-23-13-15-24(16-14-23)26-21-44-22-34-26/h7-17,21-22H,18-20H2,1-6H3. The van der Waals surface area contributed by atoms with Gasteiger partial charge in [0.1, 0.15) is 23.6 Å². The number of anilines is 1. The fraction of sp³-hybridized carbons (Fsp3) is 0.344. The summed E-state index contributed by atoms with van der Waals surface area (Å²) in [5.41, 5.74) is 2.97. The van der Waals surface area contributed by atoms with Crippen LogP contribution >= 0.6 is 11.3 Å². The Morgan fingerprint density at radius 2 is 1.56 bits per heavy atom. The van der Waals surface area contributed by atoms with E-state index >= 15 is 0 Å². The topological polar surface area (TPSA) is 132 Å². The van der Waals surface area contributed by atoms with Crippen LogP contribution in [0.2, 0.25) is 0 Å².